The van der Waals surface area contributed by atoms with Crippen molar-refractivity contribution in [2.45, 2.75) is 38.4 Å². The van der Waals surface area contributed by atoms with Crippen molar-refractivity contribution in [1.82, 2.24) is 9.47 Å². The highest BCUT2D eigenvalue weighted by Gasteiger charge is 2.32. The van der Waals surface area contributed by atoms with E-state index >= 15 is 0 Å². The van der Waals surface area contributed by atoms with Crippen LogP contribution in [-0.4, -0.2) is 40.7 Å². The van der Waals surface area contributed by atoms with Gasteiger partial charge in [0.15, 0.2) is 0 Å². The zero-order valence-corrected chi connectivity index (χ0v) is 17.9. The molecule has 0 aliphatic carbocycles. The second-order valence-electron chi connectivity index (χ2n) is 7.46. The van der Waals surface area contributed by atoms with Crippen LogP contribution >= 0.6 is 15.9 Å². The standard InChI is InChI=1S/C21H25BrFN3O2/c1-12(19(24)21(28)26-9-8-16(23)11-26)14-4-6-15(7-5-14)17-10-18(22)20(27)25(3)13(17)2/h4-7,10,12,16,19H,8-9,11,24H2,1-3H3/t12-,16-,19-/m0/s1. The topological polar surface area (TPSA) is 68.3 Å². The number of pyridine rings is 1. The summed E-state index contributed by atoms with van der Waals surface area (Å²) >= 11 is 3.32. The van der Waals surface area contributed by atoms with E-state index in [-0.39, 0.29) is 23.9 Å². The molecule has 1 aromatic heterocycles. The summed E-state index contributed by atoms with van der Waals surface area (Å²) in [5, 5.41) is 0. The molecule has 1 saturated heterocycles. The second kappa shape index (κ2) is 8.17. The first-order valence-electron chi connectivity index (χ1n) is 9.35. The van der Waals surface area contributed by atoms with Gasteiger partial charge in [0.2, 0.25) is 5.91 Å². The summed E-state index contributed by atoms with van der Waals surface area (Å²) in [7, 11) is 1.74. The quantitative estimate of drug-likeness (QED) is 0.779. The summed E-state index contributed by atoms with van der Waals surface area (Å²) in [6.07, 6.45) is -0.564. The molecule has 0 spiro atoms. The third-order valence-corrected chi connectivity index (χ3v) is 6.25. The first-order valence-corrected chi connectivity index (χ1v) is 10.1. The average molecular weight is 450 g/mol. The number of aromatic nitrogens is 1. The summed E-state index contributed by atoms with van der Waals surface area (Å²) in [6, 6.07) is 8.96. The molecule has 5 nitrogen and oxygen atoms in total. The smallest absolute Gasteiger partial charge is 0.264 e. The van der Waals surface area contributed by atoms with Gasteiger partial charge in [-0.1, -0.05) is 31.2 Å². The lowest BCUT2D eigenvalue weighted by Gasteiger charge is -2.25. The number of likely N-dealkylation sites (tertiary alicyclic amines) is 1. The number of carbonyl (C=O) groups is 1. The van der Waals surface area contributed by atoms with E-state index < -0.39 is 12.2 Å². The number of benzene rings is 1. The van der Waals surface area contributed by atoms with Gasteiger partial charge in [0, 0.05) is 30.8 Å². The van der Waals surface area contributed by atoms with Gasteiger partial charge in [-0.3, -0.25) is 9.59 Å². The molecule has 1 amide bonds. The van der Waals surface area contributed by atoms with E-state index in [0.717, 1.165) is 22.4 Å². The van der Waals surface area contributed by atoms with E-state index in [1.165, 1.54) is 4.90 Å². The number of carbonyl (C=O) groups excluding carboxylic acids is 1. The van der Waals surface area contributed by atoms with Crippen LogP contribution in [0.2, 0.25) is 0 Å². The normalized spacial score (nSPS) is 18.9. The first kappa shape index (κ1) is 20.7. The van der Waals surface area contributed by atoms with Crippen molar-refractivity contribution in [3.8, 4) is 11.1 Å². The highest BCUT2D eigenvalue weighted by Crippen LogP contribution is 2.28. The summed E-state index contributed by atoms with van der Waals surface area (Å²) in [5.41, 5.74) is 9.87. The number of nitrogens with zero attached hydrogens (tertiary/aromatic N) is 2. The number of hydrogen-bond acceptors (Lipinski definition) is 3. The summed E-state index contributed by atoms with van der Waals surface area (Å²) in [5.74, 6) is -0.386. The van der Waals surface area contributed by atoms with Crippen molar-refractivity contribution in [1.29, 1.82) is 0 Å². The molecule has 1 aliphatic rings. The van der Waals surface area contributed by atoms with Crippen molar-refractivity contribution >= 4 is 21.8 Å². The number of nitrogens with two attached hydrogens (primary N) is 1. The zero-order valence-electron chi connectivity index (χ0n) is 16.3. The second-order valence-corrected chi connectivity index (χ2v) is 8.32. The average Bonchev–Trinajstić information content (AvgIpc) is 3.14. The van der Waals surface area contributed by atoms with Crippen molar-refractivity contribution in [2.24, 2.45) is 12.8 Å². The highest BCUT2D eigenvalue weighted by atomic mass is 79.9. The predicted octanol–water partition coefficient (Wildman–Crippen LogP) is 3.12. The van der Waals surface area contributed by atoms with Crippen molar-refractivity contribution < 1.29 is 9.18 Å². The Labute approximate surface area is 172 Å². The summed E-state index contributed by atoms with van der Waals surface area (Å²) in [6.45, 7) is 4.39. The molecule has 0 radical (unpaired) electrons. The largest absolute Gasteiger partial charge is 0.338 e. The van der Waals surface area contributed by atoms with Crippen LogP contribution < -0.4 is 11.3 Å². The van der Waals surface area contributed by atoms with E-state index in [0.29, 0.717) is 17.4 Å². The Morgan fingerprint density at radius 3 is 2.54 bits per heavy atom. The maximum Gasteiger partial charge on any atom is 0.264 e. The summed E-state index contributed by atoms with van der Waals surface area (Å²) < 4.78 is 15.5. The fourth-order valence-electron chi connectivity index (χ4n) is 3.59. The van der Waals surface area contributed by atoms with Crippen LogP contribution in [0.25, 0.3) is 11.1 Å². The number of rotatable bonds is 4. The third-order valence-electron chi connectivity index (χ3n) is 5.69. The highest BCUT2D eigenvalue weighted by molar-refractivity contribution is 9.10. The van der Waals surface area contributed by atoms with Crippen molar-refractivity contribution in [3.63, 3.8) is 0 Å². The van der Waals surface area contributed by atoms with Crippen molar-refractivity contribution in [3.05, 3.63) is 56.4 Å². The van der Waals surface area contributed by atoms with Gasteiger partial charge in [0.05, 0.1) is 17.1 Å². The molecule has 0 bridgehead atoms. The molecule has 2 N–H and O–H groups in total. The predicted molar refractivity (Wildman–Crippen MR) is 112 cm³/mol. The van der Waals surface area contributed by atoms with Gasteiger partial charge in [-0.15, -0.1) is 0 Å². The molecule has 2 heterocycles. The van der Waals surface area contributed by atoms with Gasteiger partial charge in [0.25, 0.3) is 5.56 Å². The molecular formula is C21H25BrFN3O2. The molecule has 0 saturated carbocycles. The van der Waals surface area contributed by atoms with Crippen LogP contribution in [0, 0.1) is 6.92 Å². The Hall–Kier alpha value is -1.99. The van der Waals surface area contributed by atoms with Gasteiger partial charge in [0.1, 0.15) is 6.17 Å². The zero-order chi connectivity index (χ0) is 20.6. The van der Waals surface area contributed by atoms with Gasteiger partial charge in [-0.25, -0.2) is 4.39 Å². The molecule has 0 unspecified atom stereocenters. The van der Waals surface area contributed by atoms with Crippen LogP contribution in [0.15, 0.2) is 39.6 Å². The number of hydrogen-bond donors (Lipinski definition) is 1. The van der Waals surface area contributed by atoms with Crippen LogP contribution in [0.1, 0.15) is 30.5 Å². The monoisotopic (exact) mass is 449 g/mol. The van der Waals surface area contributed by atoms with Crippen LogP contribution in [0.5, 0.6) is 0 Å². The number of alkyl halides is 1. The Kier molecular flexibility index (Phi) is 6.05. The van der Waals surface area contributed by atoms with Crippen LogP contribution in [0.4, 0.5) is 4.39 Å². The number of amides is 1. The Morgan fingerprint density at radius 2 is 1.96 bits per heavy atom. The van der Waals surface area contributed by atoms with Crippen molar-refractivity contribution in [2.75, 3.05) is 13.1 Å². The molecule has 3 atom stereocenters. The maximum atomic E-state index is 13.4. The fourth-order valence-corrected chi connectivity index (χ4v) is 4.09. The van der Waals surface area contributed by atoms with Crippen LogP contribution in [0.3, 0.4) is 0 Å². The molecule has 1 fully saturated rings. The Bertz CT molecular complexity index is 942. The first-order chi connectivity index (χ1) is 13.2. The lowest BCUT2D eigenvalue weighted by molar-refractivity contribution is -0.132. The minimum absolute atomic E-state index is 0.0755. The van der Waals surface area contributed by atoms with Gasteiger partial charge in [-0.05, 0) is 46.5 Å². The van der Waals surface area contributed by atoms with Crippen LogP contribution in [-0.2, 0) is 11.8 Å². The van der Waals surface area contributed by atoms with E-state index in [4.69, 9.17) is 5.73 Å². The maximum absolute atomic E-state index is 13.4. The molecule has 7 heteroatoms. The minimum Gasteiger partial charge on any atom is -0.338 e. The molecule has 3 rings (SSSR count). The van der Waals surface area contributed by atoms with Gasteiger partial charge >= 0.3 is 0 Å². The fraction of sp³-hybridized carbons (Fsp3) is 0.429. The van der Waals surface area contributed by atoms with E-state index in [2.05, 4.69) is 15.9 Å². The SMILES string of the molecule is Cc1c(-c2ccc([C@H](C)[C@H](N)C(=O)N3CC[C@H](F)C3)cc2)cc(Br)c(=O)n1C. The lowest BCUT2D eigenvalue weighted by atomic mass is 9.91. The molecule has 1 aliphatic heterocycles. The third kappa shape index (κ3) is 3.91. The van der Waals surface area contributed by atoms with E-state index in [9.17, 15) is 14.0 Å². The van der Waals surface area contributed by atoms with Gasteiger partial charge in [-0.2, -0.15) is 0 Å². The van der Waals surface area contributed by atoms with E-state index in [1.807, 2.05) is 44.2 Å². The molecule has 2 aromatic rings. The molecule has 28 heavy (non-hydrogen) atoms. The Balaban J connectivity index is 1.81. The molecular weight excluding hydrogens is 425 g/mol. The minimum atomic E-state index is -0.949. The van der Waals surface area contributed by atoms with Gasteiger partial charge < -0.3 is 15.2 Å². The molecule has 150 valence electrons. The summed E-state index contributed by atoms with van der Waals surface area (Å²) in [4.78, 5) is 26.1. The molecule has 1 aromatic carbocycles. The Morgan fingerprint density at radius 1 is 1.32 bits per heavy atom. The lowest BCUT2D eigenvalue weighted by Crippen LogP contribution is -2.45. The van der Waals surface area contributed by atoms with E-state index in [1.54, 1.807) is 11.6 Å². The number of halogens is 2.